The maximum absolute atomic E-state index is 13.3. The molecule has 0 bridgehead atoms. The highest BCUT2D eigenvalue weighted by atomic mass is 16.5. The van der Waals surface area contributed by atoms with Gasteiger partial charge in [-0.1, -0.05) is 176 Å². The third kappa shape index (κ3) is 9.40. The van der Waals surface area contributed by atoms with Crippen molar-refractivity contribution < 1.29 is 9.53 Å². The molecule has 2 heteroatoms. The average molecular weight is 749 g/mol. The highest BCUT2D eigenvalue weighted by molar-refractivity contribution is 5.69. The number of ether oxygens (including phenoxy) is 1. The van der Waals surface area contributed by atoms with E-state index in [0.717, 1.165) is 36.5 Å². The van der Waals surface area contributed by atoms with Crippen LogP contribution in [0.3, 0.4) is 0 Å². The lowest BCUT2D eigenvalue weighted by molar-refractivity contribution is -0.249. The van der Waals surface area contributed by atoms with Gasteiger partial charge in [0.05, 0.1) is 0 Å². The molecule has 0 aromatic heterocycles. The topological polar surface area (TPSA) is 26.3 Å². The lowest BCUT2D eigenvalue weighted by atomic mass is 9.32. The first-order chi connectivity index (χ1) is 25.7. The molecule has 0 unspecified atom stereocenters. The monoisotopic (exact) mass is 749 g/mol. The number of esters is 1. The summed E-state index contributed by atoms with van der Waals surface area (Å²) in [5.41, 5.74) is 3.18. The van der Waals surface area contributed by atoms with E-state index in [1.165, 1.54) is 179 Å². The van der Waals surface area contributed by atoms with E-state index in [1.54, 1.807) is 0 Å². The zero-order valence-electron chi connectivity index (χ0n) is 37.7. The largest absolute Gasteiger partial charge is 0.462 e. The van der Waals surface area contributed by atoms with Gasteiger partial charge in [-0.05, 0) is 129 Å². The van der Waals surface area contributed by atoms with Gasteiger partial charge in [-0.15, -0.1) is 0 Å². The van der Waals surface area contributed by atoms with E-state index in [-0.39, 0.29) is 17.5 Å². The van der Waals surface area contributed by atoms with Gasteiger partial charge >= 0.3 is 5.97 Å². The lowest BCUT2D eigenvalue weighted by Gasteiger charge is -2.73. The van der Waals surface area contributed by atoms with Crippen LogP contribution >= 0.6 is 0 Å². The summed E-state index contributed by atoms with van der Waals surface area (Å²) >= 11 is 0. The molecule has 10 atom stereocenters. The number of carbonyl (C=O) groups is 1. The van der Waals surface area contributed by atoms with Crippen LogP contribution in [0, 0.1) is 56.7 Å². The van der Waals surface area contributed by atoms with Crippen molar-refractivity contribution in [2.24, 2.45) is 56.7 Å². The van der Waals surface area contributed by atoms with E-state index >= 15 is 0 Å². The molecule has 0 aliphatic heterocycles. The molecule has 2 nitrogen and oxygen atoms in total. The fourth-order valence-electron chi connectivity index (χ4n) is 15.2. The van der Waals surface area contributed by atoms with Crippen molar-refractivity contribution in [3.8, 4) is 0 Å². The van der Waals surface area contributed by atoms with Crippen LogP contribution in [0.2, 0.25) is 0 Å². The Morgan fingerprint density at radius 2 is 1.11 bits per heavy atom. The van der Waals surface area contributed by atoms with Gasteiger partial charge in [0.25, 0.3) is 0 Å². The molecular weight excluding hydrogens is 657 g/mol. The summed E-state index contributed by atoms with van der Waals surface area (Å²) in [6.45, 7) is 25.0. The highest BCUT2D eigenvalue weighted by Crippen LogP contribution is 2.77. The number of allylic oxidation sites excluding steroid dienone is 1. The van der Waals surface area contributed by atoms with E-state index in [0.29, 0.717) is 34.0 Å². The van der Waals surface area contributed by atoms with Gasteiger partial charge < -0.3 is 4.74 Å². The van der Waals surface area contributed by atoms with Gasteiger partial charge in [-0.25, -0.2) is 0 Å². The van der Waals surface area contributed by atoms with Crippen molar-refractivity contribution in [3.63, 3.8) is 0 Å². The van der Waals surface area contributed by atoms with Crippen molar-refractivity contribution in [3.05, 3.63) is 12.2 Å². The molecule has 5 aliphatic rings. The second-order valence-electron chi connectivity index (χ2n) is 22.3. The van der Waals surface area contributed by atoms with Crippen LogP contribution in [0.1, 0.15) is 248 Å². The first-order valence-corrected chi connectivity index (χ1v) is 24.6. The molecule has 0 amide bonds. The highest BCUT2D eigenvalue weighted by Gasteiger charge is 2.70. The Hall–Kier alpha value is -0.790. The number of carbonyl (C=O) groups excluding carboxylic acids is 1. The summed E-state index contributed by atoms with van der Waals surface area (Å²) < 4.78 is 6.45. The molecule has 0 N–H and O–H groups in total. The third-order valence-electron chi connectivity index (χ3n) is 18.7. The summed E-state index contributed by atoms with van der Waals surface area (Å²) in [5.74, 6) is 3.89. The maximum atomic E-state index is 13.3. The zero-order chi connectivity index (χ0) is 39.0. The Kier molecular flexibility index (Phi) is 15.8. The first kappa shape index (κ1) is 44.3. The van der Waals surface area contributed by atoms with Crippen LogP contribution in [0.25, 0.3) is 0 Å². The molecule has 0 heterocycles. The van der Waals surface area contributed by atoms with Crippen LogP contribution in [0.4, 0.5) is 0 Å². The minimum Gasteiger partial charge on any atom is -0.462 e. The van der Waals surface area contributed by atoms with Gasteiger partial charge in [0.2, 0.25) is 0 Å². The Bertz CT molecular complexity index is 1180. The van der Waals surface area contributed by atoms with Crippen molar-refractivity contribution in [2.75, 3.05) is 0 Å². The lowest BCUT2D eigenvalue weighted by Crippen LogP contribution is -2.66. The summed E-state index contributed by atoms with van der Waals surface area (Å²) in [7, 11) is 0. The number of hydrogen-bond donors (Lipinski definition) is 0. The standard InChI is InChI=1S/C52H92O2/c1-10-11-12-13-14-15-16-17-18-19-20-21-22-23-24-25-26-27-28-29-46(53)54-45-34-36-50(7)43(48(45,4)5)33-37-52(9)44(50)31-30-42-47-41(40(2)3)32-35-49(47,6)38-39-51(42,52)8/h41-45,47H,2,10-39H2,1,3-9H3/t41-,42+,43-,44+,45-,47+,49+,50-,51+,52+/m0/s1. The summed E-state index contributed by atoms with van der Waals surface area (Å²) in [6, 6.07) is 0. The Morgan fingerprint density at radius 3 is 1.65 bits per heavy atom. The molecule has 5 fully saturated rings. The summed E-state index contributed by atoms with van der Waals surface area (Å²) in [5, 5.41) is 0. The number of hydrogen-bond acceptors (Lipinski definition) is 2. The molecule has 0 aromatic carbocycles. The zero-order valence-corrected chi connectivity index (χ0v) is 37.7. The van der Waals surface area contributed by atoms with Crippen LogP contribution < -0.4 is 0 Å². The smallest absolute Gasteiger partial charge is 0.306 e. The van der Waals surface area contributed by atoms with Crippen molar-refractivity contribution in [1.29, 1.82) is 0 Å². The first-order valence-electron chi connectivity index (χ1n) is 24.6. The van der Waals surface area contributed by atoms with E-state index in [4.69, 9.17) is 4.74 Å². The SMILES string of the molecule is C=C(C)[C@@H]1CC[C@]2(C)CC[C@]3(C)[C@H](CC[C@@H]4[C@@]5(C)CC[C@H](OC(=O)CCCCCCCCCCCCCCCCCCCCC)C(C)(C)[C@@H]5CC[C@]43C)[C@@H]12. The van der Waals surface area contributed by atoms with Gasteiger partial charge in [0.15, 0.2) is 0 Å². The third-order valence-corrected chi connectivity index (χ3v) is 18.7. The predicted octanol–water partition coefficient (Wildman–Crippen LogP) is 16.4. The Labute approximate surface area is 337 Å². The second-order valence-corrected chi connectivity index (χ2v) is 22.3. The molecule has 0 spiro atoms. The van der Waals surface area contributed by atoms with Gasteiger partial charge in [0, 0.05) is 11.8 Å². The van der Waals surface area contributed by atoms with Crippen LogP contribution in [-0.2, 0) is 9.53 Å². The van der Waals surface area contributed by atoms with Crippen molar-refractivity contribution in [1.82, 2.24) is 0 Å². The molecular formula is C52H92O2. The van der Waals surface area contributed by atoms with Gasteiger partial charge in [-0.2, -0.15) is 0 Å². The quantitative estimate of drug-likeness (QED) is 0.0626. The fraction of sp³-hybridized carbons (Fsp3) is 0.942. The van der Waals surface area contributed by atoms with E-state index in [2.05, 4.69) is 62.0 Å². The molecule has 54 heavy (non-hydrogen) atoms. The molecule has 5 aliphatic carbocycles. The molecule has 0 radical (unpaired) electrons. The molecule has 0 aromatic rings. The number of rotatable bonds is 22. The summed E-state index contributed by atoms with van der Waals surface area (Å²) in [4.78, 5) is 13.3. The predicted molar refractivity (Wildman–Crippen MR) is 233 cm³/mol. The van der Waals surface area contributed by atoms with Gasteiger partial charge in [0.1, 0.15) is 6.10 Å². The normalized spacial score (nSPS) is 38.2. The number of fused-ring (bicyclic) bond motifs is 7. The Morgan fingerprint density at radius 1 is 0.574 bits per heavy atom. The Balaban J connectivity index is 0.982. The molecule has 0 saturated heterocycles. The maximum Gasteiger partial charge on any atom is 0.306 e. The number of unbranched alkanes of at least 4 members (excludes halogenated alkanes) is 18. The van der Waals surface area contributed by atoms with E-state index in [9.17, 15) is 4.79 Å². The van der Waals surface area contributed by atoms with E-state index in [1.807, 2.05) is 0 Å². The minimum atomic E-state index is 0.0386. The second kappa shape index (κ2) is 19.3. The average Bonchev–Trinajstić information content (AvgIpc) is 3.48. The van der Waals surface area contributed by atoms with Crippen LogP contribution in [-0.4, -0.2) is 12.1 Å². The molecule has 5 saturated carbocycles. The van der Waals surface area contributed by atoms with E-state index < -0.39 is 0 Å². The van der Waals surface area contributed by atoms with Crippen molar-refractivity contribution in [2.45, 2.75) is 254 Å². The molecule has 312 valence electrons. The van der Waals surface area contributed by atoms with Gasteiger partial charge in [-0.3, -0.25) is 4.79 Å². The van der Waals surface area contributed by atoms with Crippen LogP contribution in [0.15, 0.2) is 12.2 Å². The fourth-order valence-corrected chi connectivity index (χ4v) is 15.2. The minimum absolute atomic E-state index is 0.0386. The van der Waals surface area contributed by atoms with Crippen LogP contribution in [0.5, 0.6) is 0 Å². The summed E-state index contributed by atoms with van der Waals surface area (Å²) in [6.07, 6.45) is 40.3. The molecule has 5 rings (SSSR count). The van der Waals surface area contributed by atoms with Crippen molar-refractivity contribution >= 4 is 5.97 Å².